The molecule has 38 heavy (non-hydrogen) atoms. The number of fused-ring (bicyclic) bond motifs is 1. The lowest BCUT2D eigenvalue weighted by molar-refractivity contribution is -0.139. The van der Waals surface area contributed by atoms with E-state index in [1.165, 1.54) is 11.3 Å². The van der Waals surface area contributed by atoms with Gasteiger partial charge >= 0.3 is 5.97 Å². The van der Waals surface area contributed by atoms with Crippen molar-refractivity contribution in [2.45, 2.75) is 40.7 Å². The molecule has 0 bridgehead atoms. The van der Waals surface area contributed by atoms with Gasteiger partial charge in [0.25, 0.3) is 5.56 Å². The van der Waals surface area contributed by atoms with Gasteiger partial charge in [-0.1, -0.05) is 43.4 Å². The fourth-order valence-corrected chi connectivity index (χ4v) is 5.71. The van der Waals surface area contributed by atoms with Crippen molar-refractivity contribution in [3.63, 3.8) is 0 Å². The molecular formula is C29H31BrN2O5S. The standard InChI is InChI=1S/C29H31BrN2O5S/c1-6-35-21-11-9-20(10-12-21)26-25(28(34)36-7-2)18(5)31-29-32(26)27(33)24(38-29)15-19-8-13-23(22(30)14-19)37-16-17(3)4/h8-15,17,26H,6-7,16H2,1-5H3/b24-15-/t26-/m1/s1. The van der Waals surface area contributed by atoms with Crippen LogP contribution in [0.5, 0.6) is 11.5 Å². The second-order valence-electron chi connectivity index (χ2n) is 9.20. The predicted molar refractivity (Wildman–Crippen MR) is 152 cm³/mol. The SMILES string of the molecule is CCOC(=O)C1=C(C)N=c2s/c(=C\c3ccc(OCC(C)C)c(Br)c3)c(=O)n2[C@@H]1c1ccc(OCC)cc1. The van der Waals surface area contributed by atoms with E-state index in [1.54, 1.807) is 18.4 Å². The Hall–Kier alpha value is -3.17. The number of hydrogen-bond acceptors (Lipinski definition) is 7. The molecule has 200 valence electrons. The topological polar surface area (TPSA) is 79.1 Å². The summed E-state index contributed by atoms with van der Waals surface area (Å²) in [5.74, 6) is 1.40. The second kappa shape index (κ2) is 12.1. The Morgan fingerprint density at radius 2 is 1.87 bits per heavy atom. The van der Waals surface area contributed by atoms with Crippen LogP contribution in [0.1, 0.15) is 51.8 Å². The first-order chi connectivity index (χ1) is 18.2. The zero-order chi connectivity index (χ0) is 27.4. The Labute approximate surface area is 234 Å². The van der Waals surface area contributed by atoms with Crippen molar-refractivity contribution in [1.82, 2.24) is 4.57 Å². The number of ether oxygens (including phenoxy) is 3. The Bertz CT molecular complexity index is 1540. The smallest absolute Gasteiger partial charge is 0.338 e. The van der Waals surface area contributed by atoms with Gasteiger partial charge in [-0.25, -0.2) is 9.79 Å². The molecular weight excluding hydrogens is 568 g/mol. The number of halogens is 1. The summed E-state index contributed by atoms with van der Waals surface area (Å²) in [6, 6.07) is 12.5. The number of hydrogen-bond donors (Lipinski definition) is 0. The number of allylic oxidation sites excluding steroid dienone is 1. The molecule has 0 amide bonds. The molecule has 9 heteroatoms. The molecule has 1 aromatic heterocycles. The Morgan fingerprint density at radius 1 is 1.13 bits per heavy atom. The first-order valence-electron chi connectivity index (χ1n) is 12.6. The van der Waals surface area contributed by atoms with Crippen LogP contribution in [0.15, 0.2) is 68.0 Å². The van der Waals surface area contributed by atoms with E-state index in [2.05, 4.69) is 34.8 Å². The lowest BCUT2D eigenvalue weighted by atomic mass is 9.96. The average Bonchev–Trinajstić information content (AvgIpc) is 3.17. The van der Waals surface area contributed by atoms with Crippen LogP contribution in [0, 0.1) is 5.92 Å². The lowest BCUT2D eigenvalue weighted by Crippen LogP contribution is -2.39. The summed E-state index contributed by atoms with van der Waals surface area (Å²) < 4.78 is 19.7. The maximum atomic E-state index is 13.8. The summed E-state index contributed by atoms with van der Waals surface area (Å²) in [5, 5.41) is 0. The molecule has 0 N–H and O–H groups in total. The van der Waals surface area contributed by atoms with Gasteiger partial charge in [-0.05, 0) is 84.1 Å². The molecule has 4 rings (SSSR count). The quantitative estimate of drug-likeness (QED) is 0.324. The first kappa shape index (κ1) is 27.9. The van der Waals surface area contributed by atoms with E-state index in [-0.39, 0.29) is 12.2 Å². The van der Waals surface area contributed by atoms with Crippen LogP contribution in [0.3, 0.4) is 0 Å². The van der Waals surface area contributed by atoms with Crippen LogP contribution in [-0.2, 0) is 9.53 Å². The Kier molecular flexibility index (Phi) is 8.89. The third kappa shape index (κ3) is 5.94. The van der Waals surface area contributed by atoms with Gasteiger partial charge in [-0.15, -0.1) is 0 Å². The summed E-state index contributed by atoms with van der Waals surface area (Å²) in [4.78, 5) is 32.0. The number of thiazole rings is 1. The molecule has 1 aliphatic rings. The molecule has 1 aliphatic heterocycles. The number of benzene rings is 2. The molecule has 0 aliphatic carbocycles. The van der Waals surface area contributed by atoms with Gasteiger partial charge in [-0.2, -0.15) is 0 Å². The molecule has 0 radical (unpaired) electrons. The molecule has 0 saturated heterocycles. The van der Waals surface area contributed by atoms with Crippen LogP contribution < -0.4 is 24.4 Å². The summed E-state index contributed by atoms with van der Waals surface area (Å²) >= 11 is 4.87. The van der Waals surface area contributed by atoms with Gasteiger partial charge in [0, 0.05) is 0 Å². The third-order valence-corrected chi connectivity index (χ3v) is 7.45. The highest BCUT2D eigenvalue weighted by Crippen LogP contribution is 2.32. The average molecular weight is 600 g/mol. The lowest BCUT2D eigenvalue weighted by Gasteiger charge is -2.24. The van der Waals surface area contributed by atoms with Crippen molar-refractivity contribution in [2.75, 3.05) is 19.8 Å². The molecule has 2 aromatic carbocycles. The van der Waals surface area contributed by atoms with Crippen LogP contribution in [0.2, 0.25) is 0 Å². The summed E-state index contributed by atoms with van der Waals surface area (Å²) in [6.07, 6.45) is 1.83. The maximum absolute atomic E-state index is 13.8. The monoisotopic (exact) mass is 598 g/mol. The fraction of sp³-hybridized carbons (Fsp3) is 0.345. The van der Waals surface area contributed by atoms with Gasteiger partial charge < -0.3 is 14.2 Å². The highest BCUT2D eigenvalue weighted by molar-refractivity contribution is 9.10. The van der Waals surface area contributed by atoms with Gasteiger partial charge in [0.15, 0.2) is 4.80 Å². The van der Waals surface area contributed by atoms with E-state index >= 15 is 0 Å². The van der Waals surface area contributed by atoms with E-state index in [0.29, 0.717) is 45.5 Å². The molecule has 3 aromatic rings. The van der Waals surface area contributed by atoms with E-state index < -0.39 is 12.0 Å². The number of carbonyl (C=O) groups excluding carboxylic acids is 1. The van der Waals surface area contributed by atoms with E-state index in [0.717, 1.165) is 21.3 Å². The van der Waals surface area contributed by atoms with E-state index in [1.807, 2.05) is 55.5 Å². The van der Waals surface area contributed by atoms with Gasteiger partial charge in [0.2, 0.25) is 0 Å². The van der Waals surface area contributed by atoms with Crippen LogP contribution in [0.25, 0.3) is 6.08 Å². The van der Waals surface area contributed by atoms with Crippen molar-refractivity contribution >= 4 is 39.3 Å². The van der Waals surface area contributed by atoms with Crippen LogP contribution >= 0.6 is 27.3 Å². The number of rotatable bonds is 9. The Morgan fingerprint density at radius 3 is 2.50 bits per heavy atom. The van der Waals surface area contributed by atoms with Crippen molar-refractivity contribution in [3.8, 4) is 11.5 Å². The van der Waals surface area contributed by atoms with Gasteiger partial charge in [0.05, 0.1) is 46.1 Å². The fourth-order valence-electron chi connectivity index (χ4n) is 4.15. The minimum absolute atomic E-state index is 0.224. The Balaban J connectivity index is 1.81. The highest BCUT2D eigenvalue weighted by atomic mass is 79.9. The number of aromatic nitrogens is 1. The molecule has 0 unspecified atom stereocenters. The van der Waals surface area contributed by atoms with Crippen molar-refractivity contribution in [1.29, 1.82) is 0 Å². The molecule has 7 nitrogen and oxygen atoms in total. The minimum Gasteiger partial charge on any atom is -0.494 e. The first-order valence-corrected chi connectivity index (χ1v) is 14.2. The summed E-state index contributed by atoms with van der Waals surface area (Å²) in [7, 11) is 0. The third-order valence-electron chi connectivity index (χ3n) is 5.85. The molecule has 0 fully saturated rings. The van der Waals surface area contributed by atoms with Crippen LogP contribution in [0.4, 0.5) is 0 Å². The van der Waals surface area contributed by atoms with Gasteiger partial charge in [0.1, 0.15) is 11.5 Å². The number of nitrogens with zero attached hydrogens (tertiary/aromatic N) is 2. The maximum Gasteiger partial charge on any atom is 0.338 e. The van der Waals surface area contributed by atoms with Crippen molar-refractivity contribution in [3.05, 3.63) is 89.0 Å². The predicted octanol–water partition coefficient (Wildman–Crippen LogP) is 4.99. The summed E-state index contributed by atoms with van der Waals surface area (Å²) in [5.41, 5.74) is 2.28. The largest absolute Gasteiger partial charge is 0.494 e. The zero-order valence-corrected chi connectivity index (χ0v) is 24.5. The van der Waals surface area contributed by atoms with E-state index in [9.17, 15) is 9.59 Å². The molecule has 1 atom stereocenters. The minimum atomic E-state index is -0.665. The van der Waals surface area contributed by atoms with Crippen molar-refractivity contribution in [2.24, 2.45) is 10.9 Å². The van der Waals surface area contributed by atoms with Gasteiger partial charge in [-0.3, -0.25) is 9.36 Å². The molecule has 2 heterocycles. The zero-order valence-electron chi connectivity index (χ0n) is 22.1. The molecule has 0 saturated carbocycles. The summed E-state index contributed by atoms with van der Waals surface area (Å²) in [6.45, 7) is 11.0. The second-order valence-corrected chi connectivity index (χ2v) is 11.1. The molecule has 0 spiro atoms. The number of carbonyl (C=O) groups is 1. The normalized spacial score (nSPS) is 15.3. The highest BCUT2D eigenvalue weighted by Gasteiger charge is 2.33. The van der Waals surface area contributed by atoms with E-state index in [4.69, 9.17) is 14.2 Å². The van der Waals surface area contributed by atoms with Crippen molar-refractivity contribution < 1.29 is 19.0 Å². The van der Waals surface area contributed by atoms with Crippen LogP contribution in [-0.4, -0.2) is 30.4 Å². The number of esters is 1.